The van der Waals surface area contributed by atoms with Crippen LogP contribution < -0.4 is 4.74 Å². The third kappa shape index (κ3) is 2.67. The second-order valence-electron chi connectivity index (χ2n) is 2.87. The zero-order chi connectivity index (χ0) is 12.3. The second-order valence-corrected chi connectivity index (χ2v) is 3.28. The van der Waals surface area contributed by atoms with Gasteiger partial charge in [-0.1, -0.05) is 11.6 Å². The van der Waals surface area contributed by atoms with Gasteiger partial charge in [0.15, 0.2) is 5.78 Å². The molecule has 1 aromatic rings. The van der Waals surface area contributed by atoms with Crippen molar-refractivity contribution in [3.05, 3.63) is 28.3 Å². The van der Waals surface area contributed by atoms with Crippen LogP contribution in [0.1, 0.15) is 22.8 Å². The molecule has 0 N–H and O–H groups in total. The standard InChI is InChI=1S/C10H6ClF2NO2/c1-5(15)7-3-8(11)6(4-14)2-9(7)16-10(12)13/h2-3,10H,1H3. The summed E-state index contributed by atoms with van der Waals surface area (Å²) in [6, 6.07) is 3.87. The fourth-order valence-electron chi connectivity index (χ4n) is 1.11. The van der Waals surface area contributed by atoms with E-state index in [1.165, 1.54) is 6.92 Å². The summed E-state index contributed by atoms with van der Waals surface area (Å²) >= 11 is 5.66. The van der Waals surface area contributed by atoms with E-state index in [0.29, 0.717) is 0 Å². The first kappa shape index (κ1) is 12.4. The largest absolute Gasteiger partial charge is 0.434 e. The SMILES string of the molecule is CC(=O)c1cc(Cl)c(C#N)cc1OC(F)F. The van der Waals surface area contributed by atoms with Gasteiger partial charge in [0, 0.05) is 6.07 Å². The Hall–Kier alpha value is -1.67. The highest BCUT2D eigenvalue weighted by molar-refractivity contribution is 6.32. The molecule has 0 spiro atoms. The summed E-state index contributed by atoms with van der Waals surface area (Å²) in [6.07, 6.45) is 0. The molecule has 0 amide bonds. The maximum atomic E-state index is 12.1. The first-order chi connectivity index (χ1) is 7.45. The Labute approximate surface area is 95.2 Å². The van der Waals surface area contributed by atoms with Crippen LogP contribution in [0.15, 0.2) is 12.1 Å². The second kappa shape index (κ2) is 4.90. The van der Waals surface area contributed by atoms with E-state index >= 15 is 0 Å². The first-order valence-electron chi connectivity index (χ1n) is 4.15. The lowest BCUT2D eigenvalue weighted by molar-refractivity contribution is -0.0501. The van der Waals surface area contributed by atoms with Crippen molar-refractivity contribution >= 4 is 17.4 Å². The molecule has 0 atom stereocenters. The summed E-state index contributed by atoms with van der Waals surface area (Å²) in [5, 5.41) is 8.67. The molecule has 1 aromatic carbocycles. The fourth-order valence-corrected chi connectivity index (χ4v) is 1.31. The smallest absolute Gasteiger partial charge is 0.387 e. The van der Waals surface area contributed by atoms with Crippen molar-refractivity contribution in [3.63, 3.8) is 0 Å². The number of alkyl halides is 2. The molecule has 0 bridgehead atoms. The number of hydrogen-bond donors (Lipinski definition) is 0. The molecular formula is C10H6ClF2NO2. The van der Waals surface area contributed by atoms with Crippen LogP contribution in [0.3, 0.4) is 0 Å². The molecule has 16 heavy (non-hydrogen) atoms. The number of nitriles is 1. The molecule has 0 heterocycles. The molecular weight excluding hydrogens is 240 g/mol. The first-order valence-corrected chi connectivity index (χ1v) is 4.53. The van der Waals surface area contributed by atoms with Gasteiger partial charge < -0.3 is 4.74 Å². The van der Waals surface area contributed by atoms with Crippen molar-refractivity contribution in [1.82, 2.24) is 0 Å². The minimum Gasteiger partial charge on any atom is -0.434 e. The van der Waals surface area contributed by atoms with E-state index in [1.54, 1.807) is 6.07 Å². The van der Waals surface area contributed by atoms with Crippen molar-refractivity contribution in [1.29, 1.82) is 5.26 Å². The van der Waals surface area contributed by atoms with Gasteiger partial charge in [0.1, 0.15) is 11.8 Å². The van der Waals surface area contributed by atoms with Crippen LogP contribution in [-0.4, -0.2) is 12.4 Å². The summed E-state index contributed by atoms with van der Waals surface area (Å²) < 4.78 is 28.2. The number of benzene rings is 1. The van der Waals surface area contributed by atoms with Gasteiger partial charge in [-0.25, -0.2) is 0 Å². The predicted molar refractivity (Wildman–Crippen MR) is 52.8 cm³/mol. The maximum absolute atomic E-state index is 12.1. The fraction of sp³-hybridized carbons (Fsp3) is 0.200. The molecule has 0 radical (unpaired) electrons. The molecule has 84 valence electrons. The Morgan fingerprint density at radius 3 is 2.62 bits per heavy atom. The normalized spacial score (nSPS) is 10.0. The van der Waals surface area contributed by atoms with E-state index in [4.69, 9.17) is 16.9 Å². The molecule has 0 fully saturated rings. The lowest BCUT2D eigenvalue weighted by atomic mass is 10.1. The number of ketones is 1. The summed E-state index contributed by atoms with van der Waals surface area (Å²) in [4.78, 5) is 11.1. The molecule has 6 heteroatoms. The van der Waals surface area contributed by atoms with Crippen molar-refractivity contribution in [2.45, 2.75) is 13.5 Å². The lowest BCUT2D eigenvalue weighted by Crippen LogP contribution is -2.07. The molecule has 3 nitrogen and oxygen atoms in total. The van der Waals surface area contributed by atoms with Gasteiger partial charge in [-0.2, -0.15) is 14.0 Å². The van der Waals surface area contributed by atoms with Crippen molar-refractivity contribution in [2.24, 2.45) is 0 Å². The van der Waals surface area contributed by atoms with Crippen LogP contribution in [-0.2, 0) is 0 Å². The molecule has 0 unspecified atom stereocenters. The molecule has 0 aliphatic rings. The number of carbonyl (C=O) groups excluding carboxylic acids is 1. The molecule has 0 aromatic heterocycles. The monoisotopic (exact) mass is 245 g/mol. The predicted octanol–water partition coefficient (Wildman–Crippen LogP) is 3.02. The van der Waals surface area contributed by atoms with E-state index < -0.39 is 12.4 Å². The van der Waals surface area contributed by atoms with E-state index in [2.05, 4.69) is 4.74 Å². The van der Waals surface area contributed by atoms with Crippen LogP contribution in [0.4, 0.5) is 8.78 Å². The van der Waals surface area contributed by atoms with Crippen molar-refractivity contribution in [2.75, 3.05) is 0 Å². The average molecular weight is 246 g/mol. The summed E-state index contributed by atoms with van der Waals surface area (Å²) in [7, 11) is 0. The number of halogens is 3. The van der Waals surface area contributed by atoms with Crippen LogP contribution in [0.25, 0.3) is 0 Å². The summed E-state index contributed by atoms with van der Waals surface area (Å²) in [5.41, 5.74) is -0.105. The van der Waals surface area contributed by atoms with E-state index in [1.807, 2.05) is 0 Å². The number of Topliss-reactive ketones (excluding diaryl/α,β-unsaturated/α-hetero) is 1. The third-order valence-electron chi connectivity index (χ3n) is 1.79. The molecule has 0 aliphatic heterocycles. The Morgan fingerprint density at radius 1 is 1.56 bits per heavy atom. The minimum absolute atomic E-state index is 0.0225. The number of nitrogens with zero attached hydrogens (tertiary/aromatic N) is 1. The molecule has 0 aliphatic carbocycles. The highest BCUT2D eigenvalue weighted by atomic mass is 35.5. The van der Waals surface area contributed by atoms with Gasteiger partial charge in [0.25, 0.3) is 0 Å². The van der Waals surface area contributed by atoms with Crippen LogP contribution in [0.2, 0.25) is 5.02 Å². The quantitative estimate of drug-likeness (QED) is 0.769. The summed E-state index contributed by atoms with van der Waals surface area (Å²) in [6.45, 7) is -1.87. The number of ether oxygens (including phenoxy) is 1. The zero-order valence-electron chi connectivity index (χ0n) is 8.13. The zero-order valence-corrected chi connectivity index (χ0v) is 8.89. The Kier molecular flexibility index (Phi) is 3.80. The third-order valence-corrected chi connectivity index (χ3v) is 2.10. The van der Waals surface area contributed by atoms with E-state index in [-0.39, 0.29) is 21.9 Å². The number of rotatable bonds is 3. The summed E-state index contributed by atoms with van der Waals surface area (Å²) in [5.74, 6) is -0.814. The van der Waals surface area contributed by atoms with Gasteiger partial charge >= 0.3 is 6.61 Å². The van der Waals surface area contributed by atoms with Crippen LogP contribution in [0.5, 0.6) is 5.75 Å². The van der Waals surface area contributed by atoms with Crippen molar-refractivity contribution < 1.29 is 18.3 Å². The highest BCUT2D eigenvalue weighted by Crippen LogP contribution is 2.28. The number of hydrogen-bond acceptors (Lipinski definition) is 3. The lowest BCUT2D eigenvalue weighted by Gasteiger charge is -2.09. The van der Waals surface area contributed by atoms with E-state index in [9.17, 15) is 13.6 Å². The Bertz CT molecular complexity index is 469. The van der Waals surface area contributed by atoms with E-state index in [0.717, 1.165) is 12.1 Å². The molecule has 0 saturated heterocycles. The Balaban J connectivity index is 3.32. The van der Waals surface area contributed by atoms with Crippen LogP contribution in [0, 0.1) is 11.3 Å². The van der Waals surface area contributed by atoms with Crippen molar-refractivity contribution in [3.8, 4) is 11.8 Å². The minimum atomic E-state index is -3.06. The van der Waals surface area contributed by atoms with Crippen LogP contribution >= 0.6 is 11.6 Å². The van der Waals surface area contributed by atoms with Gasteiger partial charge in [0.05, 0.1) is 16.1 Å². The maximum Gasteiger partial charge on any atom is 0.387 e. The van der Waals surface area contributed by atoms with Gasteiger partial charge in [-0.05, 0) is 13.0 Å². The topological polar surface area (TPSA) is 50.1 Å². The van der Waals surface area contributed by atoms with Gasteiger partial charge in [-0.15, -0.1) is 0 Å². The Morgan fingerprint density at radius 2 is 2.19 bits per heavy atom. The number of carbonyl (C=O) groups is 1. The highest BCUT2D eigenvalue weighted by Gasteiger charge is 2.16. The van der Waals surface area contributed by atoms with Gasteiger partial charge in [0.2, 0.25) is 0 Å². The molecule has 1 rings (SSSR count). The average Bonchev–Trinajstić information content (AvgIpc) is 2.19. The van der Waals surface area contributed by atoms with Gasteiger partial charge in [-0.3, -0.25) is 4.79 Å². The molecule has 0 saturated carbocycles.